The standard InChI is InChI=1S/C14H20F2N2OS.ClH/c1-3-14(17,4-2)9-18-13(19)8-20-10-5-6-11(15)12(16)7-10;/h5-7H,3-4,8-9,17H2,1-2H3,(H,18,19);1H. The number of amides is 1. The Labute approximate surface area is 134 Å². The van der Waals surface area contributed by atoms with E-state index in [1.807, 2.05) is 13.8 Å². The third-order valence-corrected chi connectivity index (χ3v) is 4.30. The van der Waals surface area contributed by atoms with Gasteiger partial charge in [-0.15, -0.1) is 24.2 Å². The van der Waals surface area contributed by atoms with Crippen LogP contribution in [-0.4, -0.2) is 23.7 Å². The van der Waals surface area contributed by atoms with Crippen LogP contribution >= 0.6 is 24.2 Å². The first-order valence-electron chi connectivity index (χ1n) is 6.53. The van der Waals surface area contributed by atoms with Gasteiger partial charge in [0, 0.05) is 17.0 Å². The molecule has 1 amide bonds. The van der Waals surface area contributed by atoms with E-state index in [0.29, 0.717) is 11.4 Å². The zero-order valence-electron chi connectivity index (χ0n) is 12.1. The number of halogens is 3. The van der Waals surface area contributed by atoms with Gasteiger partial charge in [-0.25, -0.2) is 8.78 Å². The average molecular weight is 339 g/mol. The van der Waals surface area contributed by atoms with E-state index in [4.69, 9.17) is 5.73 Å². The molecule has 0 spiro atoms. The molecule has 0 unspecified atom stereocenters. The predicted octanol–water partition coefficient (Wildman–Crippen LogP) is 3.11. The molecular weight excluding hydrogens is 318 g/mol. The third kappa shape index (κ3) is 6.63. The summed E-state index contributed by atoms with van der Waals surface area (Å²) in [6, 6.07) is 3.58. The largest absolute Gasteiger partial charge is 0.354 e. The zero-order chi connectivity index (χ0) is 15.2. The fourth-order valence-corrected chi connectivity index (χ4v) is 2.29. The van der Waals surface area contributed by atoms with Crippen LogP contribution in [0.4, 0.5) is 8.78 Å². The van der Waals surface area contributed by atoms with Gasteiger partial charge in [0.25, 0.3) is 0 Å². The topological polar surface area (TPSA) is 55.1 Å². The number of hydrogen-bond donors (Lipinski definition) is 2. The summed E-state index contributed by atoms with van der Waals surface area (Å²) in [5.74, 6) is -1.82. The maximum absolute atomic E-state index is 13.0. The molecule has 3 nitrogen and oxygen atoms in total. The van der Waals surface area contributed by atoms with Gasteiger partial charge >= 0.3 is 0 Å². The summed E-state index contributed by atoms with van der Waals surface area (Å²) in [6.07, 6.45) is 1.56. The van der Waals surface area contributed by atoms with Gasteiger partial charge in [0.05, 0.1) is 5.75 Å². The summed E-state index contributed by atoms with van der Waals surface area (Å²) < 4.78 is 25.7. The van der Waals surface area contributed by atoms with E-state index in [1.165, 1.54) is 6.07 Å². The quantitative estimate of drug-likeness (QED) is 0.751. The summed E-state index contributed by atoms with van der Waals surface area (Å²) in [5, 5.41) is 2.77. The number of nitrogens with one attached hydrogen (secondary N) is 1. The molecule has 21 heavy (non-hydrogen) atoms. The van der Waals surface area contributed by atoms with E-state index in [1.54, 1.807) is 0 Å². The van der Waals surface area contributed by atoms with E-state index in [2.05, 4.69) is 5.32 Å². The minimum absolute atomic E-state index is 0. The summed E-state index contributed by atoms with van der Waals surface area (Å²) in [5.41, 5.74) is 5.69. The molecule has 1 aromatic carbocycles. The van der Waals surface area contributed by atoms with Crippen molar-refractivity contribution in [1.82, 2.24) is 5.32 Å². The molecule has 0 aromatic heterocycles. The SMILES string of the molecule is CCC(N)(CC)CNC(=O)CSc1ccc(F)c(F)c1.Cl. The molecule has 0 atom stereocenters. The van der Waals surface area contributed by atoms with Gasteiger partial charge in [0.1, 0.15) is 0 Å². The Bertz CT molecular complexity index is 470. The van der Waals surface area contributed by atoms with Crippen molar-refractivity contribution in [3.8, 4) is 0 Å². The molecule has 120 valence electrons. The van der Waals surface area contributed by atoms with Crippen molar-refractivity contribution < 1.29 is 13.6 Å². The lowest BCUT2D eigenvalue weighted by Crippen LogP contribution is -2.49. The van der Waals surface area contributed by atoms with Crippen LogP contribution < -0.4 is 11.1 Å². The molecule has 0 aliphatic carbocycles. The van der Waals surface area contributed by atoms with Crippen molar-refractivity contribution in [2.45, 2.75) is 37.1 Å². The molecule has 3 N–H and O–H groups in total. The van der Waals surface area contributed by atoms with Crippen LogP contribution in [0.1, 0.15) is 26.7 Å². The molecule has 1 rings (SSSR count). The van der Waals surface area contributed by atoms with Gasteiger partial charge in [0.15, 0.2) is 11.6 Å². The van der Waals surface area contributed by atoms with Gasteiger partial charge in [-0.2, -0.15) is 0 Å². The lowest BCUT2D eigenvalue weighted by Gasteiger charge is -2.26. The minimum Gasteiger partial charge on any atom is -0.354 e. The lowest BCUT2D eigenvalue weighted by molar-refractivity contribution is -0.118. The normalized spacial score (nSPS) is 10.9. The van der Waals surface area contributed by atoms with Gasteiger partial charge in [-0.1, -0.05) is 13.8 Å². The van der Waals surface area contributed by atoms with E-state index in [0.717, 1.165) is 36.7 Å². The first-order chi connectivity index (χ1) is 9.40. The summed E-state index contributed by atoms with van der Waals surface area (Å²) >= 11 is 1.16. The molecular formula is C14H21ClF2N2OS. The van der Waals surface area contributed by atoms with Crippen LogP contribution in [0.3, 0.4) is 0 Å². The molecule has 7 heteroatoms. The highest BCUT2D eigenvalue weighted by Crippen LogP contribution is 2.20. The molecule has 0 aliphatic heterocycles. The number of rotatable bonds is 7. The van der Waals surface area contributed by atoms with E-state index < -0.39 is 11.6 Å². The first-order valence-corrected chi connectivity index (χ1v) is 7.52. The van der Waals surface area contributed by atoms with Crippen LogP contribution in [0, 0.1) is 11.6 Å². The summed E-state index contributed by atoms with van der Waals surface area (Å²) in [4.78, 5) is 12.2. The smallest absolute Gasteiger partial charge is 0.230 e. The van der Waals surface area contributed by atoms with Gasteiger partial charge in [-0.3, -0.25) is 4.79 Å². The third-order valence-electron chi connectivity index (χ3n) is 3.31. The fourth-order valence-electron chi connectivity index (χ4n) is 1.54. The Morgan fingerprint density at radius 2 is 1.90 bits per heavy atom. The number of nitrogens with two attached hydrogens (primary N) is 1. The zero-order valence-corrected chi connectivity index (χ0v) is 13.8. The monoisotopic (exact) mass is 338 g/mol. The summed E-state index contributed by atoms with van der Waals surface area (Å²) in [6.45, 7) is 4.37. The number of carbonyl (C=O) groups is 1. The predicted molar refractivity (Wildman–Crippen MR) is 84.8 cm³/mol. The van der Waals surface area contributed by atoms with Gasteiger partial charge < -0.3 is 11.1 Å². The number of benzene rings is 1. The van der Waals surface area contributed by atoms with Crippen molar-refractivity contribution in [2.24, 2.45) is 5.73 Å². The van der Waals surface area contributed by atoms with Crippen LogP contribution in [0.5, 0.6) is 0 Å². The first kappa shape index (κ1) is 20.1. The molecule has 0 aliphatic rings. The highest BCUT2D eigenvalue weighted by Gasteiger charge is 2.20. The maximum atomic E-state index is 13.0. The van der Waals surface area contributed by atoms with Crippen molar-refractivity contribution in [3.05, 3.63) is 29.8 Å². The molecule has 0 saturated heterocycles. The van der Waals surface area contributed by atoms with Crippen LogP contribution in [0.25, 0.3) is 0 Å². The van der Waals surface area contributed by atoms with Crippen LogP contribution in [-0.2, 0) is 4.79 Å². The Morgan fingerprint density at radius 1 is 1.29 bits per heavy atom. The van der Waals surface area contributed by atoms with Crippen LogP contribution in [0.15, 0.2) is 23.1 Å². The molecule has 0 heterocycles. The molecule has 0 radical (unpaired) electrons. The second-order valence-electron chi connectivity index (χ2n) is 4.71. The average Bonchev–Trinajstić information content (AvgIpc) is 2.46. The number of hydrogen-bond acceptors (Lipinski definition) is 3. The lowest BCUT2D eigenvalue weighted by atomic mass is 9.94. The highest BCUT2D eigenvalue weighted by molar-refractivity contribution is 8.00. The van der Waals surface area contributed by atoms with Crippen molar-refractivity contribution in [1.29, 1.82) is 0 Å². The van der Waals surface area contributed by atoms with E-state index in [9.17, 15) is 13.6 Å². The van der Waals surface area contributed by atoms with Crippen molar-refractivity contribution in [3.63, 3.8) is 0 Å². The number of thioether (sulfide) groups is 1. The minimum atomic E-state index is -0.909. The Hall–Kier alpha value is -0.850. The molecule has 0 fully saturated rings. The Morgan fingerprint density at radius 3 is 2.43 bits per heavy atom. The summed E-state index contributed by atoms with van der Waals surface area (Å²) in [7, 11) is 0. The Kier molecular flexibility index (Phi) is 8.85. The van der Waals surface area contributed by atoms with Crippen molar-refractivity contribution >= 4 is 30.1 Å². The second-order valence-corrected chi connectivity index (χ2v) is 5.76. The van der Waals surface area contributed by atoms with Gasteiger partial charge in [0.2, 0.25) is 5.91 Å². The molecule has 0 saturated carbocycles. The van der Waals surface area contributed by atoms with E-state index in [-0.39, 0.29) is 29.6 Å². The fraction of sp³-hybridized carbons (Fsp3) is 0.500. The van der Waals surface area contributed by atoms with Crippen LogP contribution in [0.2, 0.25) is 0 Å². The van der Waals surface area contributed by atoms with E-state index >= 15 is 0 Å². The number of carbonyl (C=O) groups excluding carboxylic acids is 1. The Balaban J connectivity index is 0.00000400. The molecule has 0 bridgehead atoms. The maximum Gasteiger partial charge on any atom is 0.230 e. The second kappa shape index (κ2) is 9.23. The van der Waals surface area contributed by atoms with Gasteiger partial charge in [-0.05, 0) is 31.0 Å². The highest BCUT2D eigenvalue weighted by atomic mass is 35.5. The molecule has 1 aromatic rings. The van der Waals surface area contributed by atoms with Crippen molar-refractivity contribution in [2.75, 3.05) is 12.3 Å².